The summed E-state index contributed by atoms with van der Waals surface area (Å²) in [5, 5.41) is 3.33. The minimum Gasteiger partial charge on any atom is -0.463 e. The molecule has 35 heavy (non-hydrogen) atoms. The summed E-state index contributed by atoms with van der Waals surface area (Å²) in [5.41, 5.74) is 8.18. The molecule has 1 heterocycles. The third kappa shape index (κ3) is 12.3. The van der Waals surface area contributed by atoms with Crippen LogP contribution in [0.4, 0.5) is 0 Å². The normalized spacial score (nSPS) is 23.5. The lowest BCUT2D eigenvalue weighted by molar-refractivity contribution is -0.309. The third-order valence-electron chi connectivity index (χ3n) is 4.23. The first-order valence-corrected chi connectivity index (χ1v) is 10.7. The zero-order chi connectivity index (χ0) is 26.2. The van der Waals surface area contributed by atoms with E-state index in [1.54, 1.807) is 0 Å². The summed E-state index contributed by atoms with van der Waals surface area (Å²) in [6.07, 6.45) is -6.20. The van der Waals surface area contributed by atoms with Gasteiger partial charge in [0.05, 0.1) is 33.0 Å². The first-order valence-electron chi connectivity index (χ1n) is 10.7. The molecule has 0 aliphatic carbocycles. The number of hydrogen-bond acceptors (Lipinski definition) is 13. The van der Waals surface area contributed by atoms with E-state index >= 15 is 0 Å². The molecule has 1 saturated heterocycles. The van der Waals surface area contributed by atoms with Crippen LogP contribution in [0.2, 0.25) is 0 Å². The molecule has 198 valence electrons. The lowest BCUT2D eigenvalue weighted by atomic mass is 9.98. The van der Waals surface area contributed by atoms with E-state index in [0.29, 0.717) is 0 Å². The minimum absolute atomic E-state index is 0.0214. The first kappa shape index (κ1) is 30.1. The van der Waals surface area contributed by atoms with Gasteiger partial charge in [0.1, 0.15) is 12.7 Å². The van der Waals surface area contributed by atoms with Gasteiger partial charge in [-0.3, -0.25) is 19.2 Å². The molecule has 15 nitrogen and oxygen atoms in total. The largest absolute Gasteiger partial charge is 0.463 e. The van der Waals surface area contributed by atoms with Gasteiger partial charge in [-0.25, -0.2) is 0 Å². The van der Waals surface area contributed by atoms with Crippen LogP contribution >= 0.6 is 0 Å². The maximum Gasteiger partial charge on any atom is 0.303 e. The first-order chi connectivity index (χ1) is 16.6. The lowest BCUT2D eigenvalue weighted by Crippen LogP contribution is -2.63. The molecule has 5 atom stereocenters. The molecule has 0 N–H and O–H groups in total. The molecule has 0 bridgehead atoms. The van der Waals surface area contributed by atoms with Crippen LogP contribution in [0.3, 0.4) is 0 Å². The Morgan fingerprint density at radius 2 is 1.31 bits per heavy atom. The van der Waals surface area contributed by atoms with Crippen molar-refractivity contribution in [3.8, 4) is 0 Å². The highest BCUT2D eigenvalue weighted by Gasteiger charge is 2.52. The lowest BCUT2D eigenvalue weighted by Gasteiger charge is -2.44. The average Bonchev–Trinajstić information content (AvgIpc) is 2.76. The monoisotopic (exact) mass is 505 g/mol. The molecule has 1 aliphatic rings. The Balaban J connectivity index is 2.85. The maximum atomic E-state index is 11.8. The van der Waals surface area contributed by atoms with E-state index in [-0.39, 0.29) is 46.2 Å². The van der Waals surface area contributed by atoms with Crippen molar-refractivity contribution in [3.05, 3.63) is 10.4 Å². The summed E-state index contributed by atoms with van der Waals surface area (Å²) in [7, 11) is 0. The molecule has 0 spiro atoms. The number of carbonyl (C=O) groups excluding carboxylic acids is 4. The van der Waals surface area contributed by atoms with Crippen LogP contribution in [-0.4, -0.2) is 101 Å². The van der Waals surface area contributed by atoms with Crippen LogP contribution in [0.25, 0.3) is 10.4 Å². The zero-order valence-corrected chi connectivity index (χ0v) is 20.1. The van der Waals surface area contributed by atoms with Crippen LogP contribution in [0.5, 0.6) is 0 Å². The van der Waals surface area contributed by atoms with Crippen LogP contribution in [0, 0.1) is 0 Å². The molecule has 1 unspecified atom stereocenters. The van der Waals surface area contributed by atoms with E-state index in [9.17, 15) is 19.2 Å². The fraction of sp³-hybridized carbons (Fsp3) is 0.800. The molecule has 0 saturated carbocycles. The van der Waals surface area contributed by atoms with Crippen molar-refractivity contribution in [2.24, 2.45) is 5.11 Å². The van der Waals surface area contributed by atoms with Gasteiger partial charge in [0.15, 0.2) is 24.6 Å². The van der Waals surface area contributed by atoms with Crippen molar-refractivity contribution in [2.45, 2.75) is 58.4 Å². The van der Waals surface area contributed by atoms with Gasteiger partial charge in [-0.15, -0.1) is 0 Å². The molecule has 0 aromatic rings. The highest BCUT2D eigenvalue weighted by Crippen LogP contribution is 2.29. The van der Waals surface area contributed by atoms with Gasteiger partial charge in [0, 0.05) is 39.2 Å². The second kappa shape index (κ2) is 16.6. The Labute approximate surface area is 201 Å². The quantitative estimate of drug-likeness (QED) is 0.0745. The van der Waals surface area contributed by atoms with Crippen LogP contribution in [0.1, 0.15) is 27.7 Å². The number of carbonyl (C=O) groups is 4. The molecule has 1 aliphatic heterocycles. The molecule has 15 heteroatoms. The zero-order valence-electron chi connectivity index (χ0n) is 20.1. The van der Waals surface area contributed by atoms with Crippen molar-refractivity contribution >= 4 is 23.9 Å². The molecular weight excluding hydrogens is 474 g/mol. The average molecular weight is 505 g/mol. The Morgan fingerprint density at radius 3 is 1.89 bits per heavy atom. The van der Waals surface area contributed by atoms with E-state index < -0.39 is 54.6 Å². The van der Waals surface area contributed by atoms with E-state index in [0.717, 1.165) is 20.8 Å². The summed E-state index contributed by atoms with van der Waals surface area (Å²) < 4.78 is 42.9. The van der Waals surface area contributed by atoms with Crippen LogP contribution in [0.15, 0.2) is 5.11 Å². The summed E-state index contributed by atoms with van der Waals surface area (Å²) in [4.78, 5) is 49.1. The molecule has 1 rings (SSSR count). The SMILES string of the molecule is CC(=O)OC[C@H]1OC(OCCOCCOCCN=[N+]=[N-])[C@H](OC(C)=O)[C@@H](OC(C)=O)[C@H]1OC(C)=O. The number of esters is 4. The molecule has 1 fully saturated rings. The van der Waals surface area contributed by atoms with Crippen LogP contribution < -0.4 is 0 Å². The van der Waals surface area contributed by atoms with Crippen molar-refractivity contribution in [1.29, 1.82) is 0 Å². The molecule has 0 aromatic heterocycles. The fourth-order valence-corrected chi connectivity index (χ4v) is 3.02. The molecule has 0 radical (unpaired) electrons. The fourth-order valence-electron chi connectivity index (χ4n) is 3.02. The van der Waals surface area contributed by atoms with Gasteiger partial charge < -0.3 is 37.9 Å². The molecule has 0 aromatic carbocycles. The highest BCUT2D eigenvalue weighted by molar-refractivity contribution is 5.68. The maximum absolute atomic E-state index is 11.8. The Kier molecular flexibility index (Phi) is 14.3. The van der Waals surface area contributed by atoms with E-state index in [2.05, 4.69) is 10.0 Å². The van der Waals surface area contributed by atoms with Gasteiger partial charge in [-0.1, -0.05) is 5.11 Å². The Morgan fingerprint density at radius 1 is 0.771 bits per heavy atom. The van der Waals surface area contributed by atoms with Crippen molar-refractivity contribution in [2.75, 3.05) is 46.2 Å². The molecule has 0 amide bonds. The van der Waals surface area contributed by atoms with Crippen molar-refractivity contribution < 1.29 is 57.1 Å². The Bertz CT molecular complexity index is 758. The van der Waals surface area contributed by atoms with Crippen LogP contribution in [-0.2, 0) is 57.1 Å². The number of hydrogen-bond donors (Lipinski definition) is 0. The second-order valence-corrected chi connectivity index (χ2v) is 7.12. The third-order valence-corrected chi connectivity index (χ3v) is 4.23. The predicted molar refractivity (Wildman–Crippen MR) is 114 cm³/mol. The van der Waals surface area contributed by atoms with E-state index in [4.69, 9.17) is 43.4 Å². The topological polar surface area (TPSA) is 191 Å². The standard InChI is InChI=1S/C20H31N3O12/c1-12(24)31-11-16-17(32-13(2)25)18(33-14(3)26)19(34-15(4)27)20(35-16)30-10-9-29-8-7-28-6-5-22-23-21/h16-20H,5-11H2,1-4H3/t16-,17+,18+,19-,20?/m1/s1. The predicted octanol–water partition coefficient (Wildman–Crippen LogP) is 0.430. The summed E-state index contributed by atoms with van der Waals surface area (Å²) in [6, 6.07) is 0. The summed E-state index contributed by atoms with van der Waals surface area (Å²) in [5.74, 6) is -2.80. The van der Waals surface area contributed by atoms with Gasteiger partial charge >= 0.3 is 23.9 Å². The number of rotatable bonds is 15. The van der Waals surface area contributed by atoms with Crippen molar-refractivity contribution in [3.63, 3.8) is 0 Å². The number of ether oxygens (including phenoxy) is 8. The van der Waals surface area contributed by atoms with Gasteiger partial charge in [-0.2, -0.15) is 0 Å². The van der Waals surface area contributed by atoms with Gasteiger partial charge in [0.2, 0.25) is 0 Å². The summed E-state index contributed by atoms with van der Waals surface area (Å²) >= 11 is 0. The minimum atomic E-state index is -1.30. The summed E-state index contributed by atoms with van der Waals surface area (Å²) in [6.45, 7) is 5.29. The molecular formula is C20H31N3O12. The smallest absolute Gasteiger partial charge is 0.303 e. The van der Waals surface area contributed by atoms with Gasteiger partial charge in [-0.05, 0) is 5.53 Å². The number of azide groups is 1. The van der Waals surface area contributed by atoms with Crippen molar-refractivity contribution in [1.82, 2.24) is 0 Å². The number of nitrogens with zero attached hydrogens (tertiary/aromatic N) is 3. The Hall–Kier alpha value is -2.97. The highest BCUT2D eigenvalue weighted by atomic mass is 16.7. The second-order valence-electron chi connectivity index (χ2n) is 7.12. The van der Waals surface area contributed by atoms with Gasteiger partial charge in [0.25, 0.3) is 0 Å². The van der Waals surface area contributed by atoms with E-state index in [1.165, 1.54) is 6.92 Å². The van der Waals surface area contributed by atoms with E-state index in [1.807, 2.05) is 0 Å².